The Morgan fingerprint density at radius 3 is 2.62 bits per heavy atom. The van der Waals surface area contributed by atoms with Gasteiger partial charge in [-0.1, -0.05) is 0 Å². The molecule has 2 aromatic heterocycles. The quantitative estimate of drug-likeness (QED) is 0.421. The van der Waals surface area contributed by atoms with Crippen molar-refractivity contribution in [3.63, 3.8) is 0 Å². The zero-order chi connectivity index (χ0) is 23.4. The lowest BCUT2D eigenvalue weighted by Gasteiger charge is -2.41. The molecule has 0 bridgehead atoms. The van der Waals surface area contributed by atoms with Crippen LogP contribution in [-0.4, -0.2) is 20.4 Å². The average molecular weight is 457 g/mol. The number of carbonyl (C=O) groups is 1. The Hall–Kier alpha value is -3.28. The maximum atomic E-state index is 14.0. The number of primary amides is 1. The van der Waals surface area contributed by atoms with Crippen LogP contribution in [0.5, 0.6) is 0 Å². The number of hydrogen-bond donors (Lipinski definition) is 1. The van der Waals surface area contributed by atoms with Gasteiger partial charge in [-0.25, -0.2) is 9.37 Å². The summed E-state index contributed by atoms with van der Waals surface area (Å²) in [6.07, 6.45) is 9.90. The van der Waals surface area contributed by atoms with E-state index in [2.05, 4.69) is 22.7 Å². The van der Waals surface area contributed by atoms with E-state index in [-0.39, 0.29) is 11.2 Å². The highest BCUT2D eigenvalue weighted by molar-refractivity contribution is 5.96. The maximum Gasteiger partial charge on any atom is 0.248 e. The fourth-order valence-electron chi connectivity index (χ4n) is 6.30. The largest absolute Gasteiger partial charge is 0.366 e. The fourth-order valence-corrected chi connectivity index (χ4v) is 6.30. The number of aromatic nitrogens is 3. The molecular formula is C28H29FN4O. The maximum absolute atomic E-state index is 14.0. The first kappa shape index (κ1) is 21.3. The highest BCUT2D eigenvalue weighted by Crippen LogP contribution is 2.57. The Kier molecular flexibility index (Phi) is 4.94. The zero-order valence-electron chi connectivity index (χ0n) is 19.4. The molecule has 6 heteroatoms. The van der Waals surface area contributed by atoms with Gasteiger partial charge < -0.3 is 10.3 Å². The number of pyridine rings is 1. The number of nitrogens with two attached hydrogens (primary N) is 1. The standard InChI is InChI=1S/C28H29FN4O/c1-33-25-7-2-18(27(30)34)14-24(25)32-26(33)16-28(19-3-4-19)11-8-17(9-12-28)21-10-13-31-23-6-5-20(29)15-22(21)23/h2,5-7,10,13-15,17,19H,3-4,8-9,11-12,16H2,1H3,(H2,30,34). The summed E-state index contributed by atoms with van der Waals surface area (Å²) in [4.78, 5) is 21.0. The number of fused-ring (bicyclic) bond motifs is 2. The van der Waals surface area contributed by atoms with E-state index < -0.39 is 5.91 Å². The second kappa shape index (κ2) is 7.90. The number of carbonyl (C=O) groups excluding carboxylic acids is 1. The molecule has 174 valence electrons. The summed E-state index contributed by atoms with van der Waals surface area (Å²) >= 11 is 0. The smallest absolute Gasteiger partial charge is 0.248 e. The molecule has 4 aromatic rings. The normalized spacial score (nSPS) is 22.9. The van der Waals surface area contributed by atoms with Crippen molar-refractivity contribution in [2.24, 2.45) is 24.1 Å². The van der Waals surface area contributed by atoms with E-state index >= 15 is 0 Å². The summed E-state index contributed by atoms with van der Waals surface area (Å²) in [5, 5.41) is 0.951. The molecule has 2 aromatic carbocycles. The van der Waals surface area contributed by atoms with Gasteiger partial charge in [0.15, 0.2) is 0 Å². The van der Waals surface area contributed by atoms with Crippen LogP contribution in [0.2, 0.25) is 0 Å². The first-order valence-electron chi connectivity index (χ1n) is 12.2. The molecule has 2 fully saturated rings. The van der Waals surface area contributed by atoms with Crippen LogP contribution in [0.4, 0.5) is 4.39 Å². The van der Waals surface area contributed by atoms with Crippen LogP contribution >= 0.6 is 0 Å². The predicted molar refractivity (Wildman–Crippen MR) is 131 cm³/mol. The molecule has 2 aliphatic carbocycles. The molecular weight excluding hydrogens is 427 g/mol. The Morgan fingerprint density at radius 1 is 1.09 bits per heavy atom. The third-order valence-electron chi connectivity index (χ3n) is 8.37. The van der Waals surface area contributed by atoms with Crippen LogP contribution < -0.4 is 5.73 Å². The van der Waals surface area contributed by atoms with Gasteiger partial charge in [0.05, 0.1) is 16.6 Å². The number of nitrogens with zero attached hydrogens (tertiary/aromatic N) is 3. The molecule has 2 heterocycles. The summed E-state index contributed by atoms with van der Waals surface area (Å²) in [7, 11) is 2.07. The minimum Gasteiger partial charge on any atom is -0.366 e. The third-order valence-corrected chi connectivity index (χ3v) is 8.37. The molecule has 0 radical (unpaired) electrons. The van der Waals surface area contributed by atoms with Crippen LogP contribution in [0.1, 0.15) is 66.2 Å². The minimum atomic E-state index is -0.426. The van der Waals surface area contributed by atoms with Crippen molar-refractivity contribution in [3.8, 4) is 0 Å². The topological polar surface area (TPSA) is 73.8 Å². The van der Waals surface area contributed by atoms with Gasteiger partial charge in [0.1, 0.15) is 11.6 Å². The number of benzene rings is 2. The van der Waals surface area contributed by atoms with E-state index in [9.17, 15) is 9.18 Å². The van der Waals surface area contributed by atoms with E-state index in [0.29, 0.717) is 11.5 Å². The number of aryl methyl sites for hydroxylation is 1. The Balaban J connectivity index is 1.28. The van der Waals surface area contributed by atoms with Crippen molar-refractivity contribution in [1.82, 2.24) is 14.5 Å². The highest BCUT2D eigenvalue weighted by atomic mass is 19.1. The van der Waals surface area contributed by atoms with Gasteiger partial charge >= 0.3 is 0 Å². The van der Waals surface area contributed by atoms with Gasteiger partial charge in [-0.05, 0) is 104 Å². The molecule has 0 unspecified atom stereocenters. The lowest BCUT2D eigenvalue weighted by atomic mass is 9.64. The SMILES string of the molecule is Cn1c(CC2(C3CC3)CCC(c3ccnc4ccc(F)cc34)CC2)nc2cc(C(N)=O)ccc21. The molecule has 0 atom stereocenters. The molecule has 2 N–H and O–H groups in total. The number of rotatable bonds is 5. The second-order valence-electron chi connectivity index (χ2n) is 10.3. The fraction of sp³-hybridized carbons (Fsp3) is 0.393. The van der Waals surface area contributed by atoms with Crippen LogP contribution in [-0.2, 0) is 13.5 Å². The number of amides is 1. The Labute approximate surface area is 198 Å². The highest BCUT2D eigenvalue weighted by Gasteiger charge is 2.47. The molecule has 2 aliphatic rings. The van der Waals surface area contributed by atoms with E-state index in [1.54, 1.807) is 24.3 Å². The van der Waals surface area contributed by atoms with Gasteiger partial charge in [0.2, 0.25) is 5.91 Å². The summed E-state index contributed by atoms with van der Waals surface area (Å²) in [5.74, 6) is 1.63. The van der Waals surface area contributed by atoms with Crippen molar-refractivity contribution in [2.75, 3.05) is 0 Å². The van der Waals surface area contributed by atoms with E-state index in [0.717, 1.165) is 65.8 Å². The second-order valence-corrected chi connectivity index (χ2v) is 10.3. The minimum absolute atomic E-state index is 0.203. The molecule has 5 nitrogen and oxygen atoms in total. The average Bonchev–Trinajstić information content (AvgIpc) is 3.65. The van der Waals surface area contributed by atoms with Crippen molar-refractivity contribution < 1.29 is 9.18 Å². The van der Waals surface area contributed by atoms with E-state index in [4.69, 9.17) is 10.7 Å². The molecule has 34 heavy (non-hydrogen) atoms. The van der Waals surface area contributed by atoms with Crippen molar-refractivity contribution in [3.05, 3.63) is 71.4 Å². The summed E-state index contributed by atoms with van der Waals surface area (Å²) in [5.41, 5.74) is 10.2. The van der Waals surface area contributed by atoms with Crippen molar-refractivity contribution in [1.29, 1.82) is 0 Å². The number of imidazole rings is 1. The third kappa shape index (κ3) is 3.56. The van der Waals surface area contributed by atoms with E-state index in [1.165, 1.54) is 24.5 Å². The van der Waals surface area contributed by atoms with Gasteiger partial charge in [0.25, 0.3) is 0 Å². The van der Waals surface area contributed by atoms with Gasteiger partial charge in [0, 0.05) is 30.6 Å². The zero-order valence-corrected chi connectivity index (χ0v) is 19.4. The van der Waals surface area contributed by atoms with Crippen molar-refractivity contribution in [2.45, 2.75) is 50.9 Å². The number of halogens is 1. The molecule has 0 aliphatic heterocycles. The van der Waals surface area contributed by atoms with Crippen LogP contribution in [0, 0.1) is 17.2 Å². The lowest BCUT2D eigenvalue weighted by molar-refractivity contribution is 0.100. The Morgan fingerprint density at radius 2 is 1.88 bits per heavy atom. The summed E-state index contributed by atoms with van der Waals surface area (Å²) in [6.45, 7) is 0. The summed E-state index contributed by atoms with van der Waals surface area (Å²) < 4.78 is 16.2. The molecule has 6 rings (SSSR count). The number of hydrogen-bond acceptors (Lipinski definition) is 3. The van der Waals surface area contributed by atoms with Gasteiger partial charge in [-0.15, -0.1) is 0 Å². The van der Waals surface area contributed by atoms with Crippen LogP contribution in [0.3, 0.4) is 0 Å². The van der Waals surface area contributed by atoms with E-state index in [1.807, 2.05) is 12.3 Å². The monoisotopic (exact) mass is 456 g/mol. The molecule has 1 amide bonds. The van der Waals surface area contributed by atoms with Crippen molar-refractivity contribution >= 4 is 27.8 Å². The molecule has 0 spiro atoms. The summed E-state index contributed by atoms with van der Waals surface area (Å²) in [6, 6.07) is 12.5. The first-order chi connectivity index (χ1) is 16.4. The van der Waals surface area contributed by atoms with Gasteiger partial charge in [-0.2, -0.15) is 0 Å². The molecule has 2 saturated carbocycles. The van der Waals surface area contributed by atoms with Crippen LogP contribution in [0.25, 0.3) is 21.9 Å². The lowest BCUT2D eigenvalue weighted by Crippen LogP contribution is -2.32. The van der Waals surface area contributed by atoms with Crippen LogP contribution in [0.15, 0.2) is 48.7 Å². The van der Waals surface area contributed by atoms with Gasteiger partial charge in [-0.3, -0.25) is 9.78 Å². The molecule has 0 saturated heterocycles. The first-order valence-corrected chi connectivity index (χ1v) is 12.2. The predicted octanol–water partition coefficient (Wildman–Crippen LogP) is 5.66. The Bertz CT molecular complexity index is 1410.